The summed E-state index contributed by atoms with van der Waals surface area (Å²) in [6.07, 6.45) is 3.54. The molecule has 0 bridgehead atoms. The molecule has 0 atom stereocenters. The van der Waals surface area contributed by atoms with Gasteiger partial charge in [-0.25, -0.2) is 4.79 Å². The zero-order valence-corrected chi connectivity index (χ0v) is 8.91. The van der Waals surface area contributed by atoms with Crippen LogP contribution in [0.2, 0.25) is 0 Å². The van der Waals surface area contributed by atoms with Crippen molar-refractivity contribution in [2.24, 2.45) is 0 Å². The summed E-state index contributed by atoms with van der Waals surface area (Å²) in [7, 11) is 0. The second-order valence-electron chi connectivity index (χ2n) is 2.92. The predicted octanol–water partition coefficient (Wildman–Crippen LogP) is 1.37. The summed E-state index contributed by atoms with van der Waals surface area (Å²) in [6.45, 7) is 4.15. The summed E-state index contributed by atoms with van der Waals surface area (Å²) in [5.74, 6) is -0.540. The second-order valence-corrected chi connectivity index (χ2v) is 2.92. The lowest BCUT2D eigenvalue weighted by Crippen LogP contribution is -2.20. The standard InChI is InChI=1S/C11H14O4/c1-3-14-9-7-5-6-8(12)10(9)11(13)15-4-2/h5,7H,3-4,6H2,1-2H3. The van der Waals surface area contributed by atoms with Gasteiger partial charge in [-0.3, -0.25) is 4.79 Å². The lowest BCUT2D eigenvalue weighted by Gasteiger charge is -2.13. The van der Waals surface area contributed by atoms with Crippen molar-refractivity contribution in [1.29, 1.82) is 0 Å². The maximum absolute atomic E-state index is 11.5. The Bertz CT molecular complexity index is 325. The predicted molar refractivity (Wildman–Crippen MR) is 54.0 cm³/mol. The summed E-state index contributed by atoms with van der Waals surface area (Å²) in [4.78, 5) is 23.0. The topological polar surface area (TPSA) is 52.6 Å². The molecule has 15 heavy (non-hydrogen) atoms. The fourth-order valence-electron chi connectivity index (χ4n) is 1.29. The Morgan fingerprint density at radius 3 is 2.73 bits per heavy atom. The molecule has 4 heteroatoms. The average Bonchev–Trinajstić information content (AvgIpc) is 2.18. The minimum absolute atomic E-state index is 0.0289. The fraction of sp³-hybridized carbons (Fsp3) is 0.455. The normalized spacial score (nSPS) is 15.5. The highest BCUT2D eigenvalue weighted by atomic mass is 16.5. The molecule has 0 spiro atoms. The van der Waals surface area contributed by atoms with Crippen molar-refractivity contribution in [1.82, 2.24) is 0 Å². The Balaban J connectivity index is 2.97. The van der Waals surface area contributed by atoms with Crippen LogP contribution in [-0.2, 0) is 19.1 Å². The zero-order chi connectivity index (χ0) is 11.3. The van der Waals surface area contributed by atoms with Crippen molar-refractivity contribution in [3.63, 3.8) is 0 Å². The van der Waals surface area contributed by atoms with Crippen LogP contribution >= 0.6 is 0 Å². The summed E-state index contributed by atoms with van der Waals surface area (Å²) in [5.41, 5.74) is 0.0289. The first kappa shape index (κ1) is 11.5. The maximum atomic E-state index is 11.5. The van der Waals surface area contributed by atoms with Crippen molar-refractivity contribution in [2.75, 3.05) is 13.2 Å². The zero-order valence-electron chi connectivity index (χ0n) is 8.91. The first-order valence-electron chi connectivity index (χ1n) is 4.94. The summed E-state index contributed by atoms with van der Waals surface area (Å²) in [6, 6.07) is 0. The number of hydrogen-bond donors (Lipinski definition) is 0. The number of ether oxygens (including phenoxy) is 2. The van der Waals surface area contributed by atoms with Crippen LogP contribution in [0.25, 0.3) is 0 Å². The Morgan fingerprint density at radius 2 is 2.13 bits per heavy atom. The molecule has 0 saturated heterocycles. The van der Waals surface area contributed by atoms with Crippen LogP contribution in [-0.4, -0.2) is 25.0 Å². The second kappa shape index (κ2) is 5.34. The minimum Gasteiger partial charge on any atom is -0.493 e. The van der Waals surface area contributed by atoms with E-state index in [1.165, 1.54) is 0 Å². The highest BCUT2D eigenvalue weighted by Gasteiger charge is 2.25. The van der Waals surface area contributed by atoms with Gasteiger partial charge in [-0.1, -0.05) is 6.08 Å². The minimum atomic E-state index is -0.602. The molecule has 0 saturated carbocycles. The van der Waals surface area contributed by atoms with Gasteiger partial charge in [0.1, 0.15) is 11.3 Å². The lowest BCUT2D eigenvalue weighted by molar-refractivity contribution is -0.140. The molecule has 0 radical (unpaired) electrons. The highest BCUT2D eigenvalue weighted by Crippen LogP contribution is 2.18. The third kappa shape index (κ3) is 2.68. The van der Waals surface area contributed by atoms with Crippen LogP contribution < -0.4 is 0 Å². The quantitative estimate of drug-likeness (QED) is 0.519. The van der Waals surface area contributed by atoms with Crippen LogP contribution in [0.15, 0.2) is 23.5 Å². The Morgan fingerprint density at radius 1 is 1.40 bits per heavy atom. The monoisotopic (exact) mass is 210 g/mol. The van der Waals surface area contributed by atoms with Gasteiger partial charge in [-0.2, -0.15) is 0 Å². The molecule has 0 aliphatic heterocycles. The van der Waals surface area contributed by atoms with Gasteiger partial charge in [0, 0.05) is 6.42 Å². The van der Waals surface area contributed by atoms with Crippen molar-refractivity contribution in [2.45, 2.75) is 20.3 Å². The number of esters is 1. The van der Waals surface area contributed by atoms with Crippen molar-refractivity contribution >= 4 is 11.8 Å². The van der Waals surface area contributed by atoms with Crippen LogP contribution in [0.4, 0.5) is 0 Å². The molecule has 0 fully saturated rings. The third-order valence-corrected chi connectivity index (χ3v) is 1.88. The molecule has 1 aliphatic carbocycles. The van der Waals surface area contributed by atoms with E-state index < -0.39 is 5.97 Å². The highest BCUT2D eigenvalue weighted by molar-refractivity contribution is 6.19. The van der Waals surface area contributed by atoms with Gasteiger partial charge in [0.15, 0.2) is 5.78 Å². The smallest absolute Gasteiger partial charge is 0.345 e. The molecule has 82 valence electrons. The van der Waals surface area contributed by atoms with E-state index in [4.69, 9.17) is 9.47 Å². The number of ketones is 1. The average molecular weight is 210 g/mol. The van der Waals surface area contributed by atoms with E-state index in [1.54, 1.807) is 26.0 Å². The summed E-state index contributed by atoms with van der Waals surface area (Å²) in [5, 5.41) is 0. The van der Waals surface area contributed by atoms with Crippen LogP contribution in [0.5, 0.6) is 0 Å². The van der Waals surface area contributed by atoms with Gasteiger partial charge in [0.2, 0.25) is 0 Å². The number of carbonyl (C=O) groups is 2. The van der Waals surface area contributed by atoms with E-state index in [2.05, 4.69) is 0 Å². The maximum Gasteiger partial charge on any atom is 0.345 e. The number of allylic oxidation sites excluding steroid dienone is 2. The summed E-state index contributed by atoms with van der Waals surface area (Å²) < 4.78 is 10.0. The van der Waals surface area contributed by atoms with E-state index in [0.717, 1.165) is 0 Å². The number of rotatable bonds is 4. The van der Waals surface area contributed by atoms with E-state index in [0.29, 0.717) is 12.4 Å². The molecule has 4 nitrogen and oxygen atoms in total. The summed E-state index contributed by atoms with van der Waals surface area (Å²) >= 11 is 0. The van der Waals surface area contributed by atoms with Gasteiger partial charge in [0.25, 0.3) is 0 Å². The largest absolute Gasteiger partial charge is 0.493 e. The van der Waals surface area contributed by atoms with Gasteiger partial charge >= 0.3 is 5.97 Å². The van der Waals surface area contributed by atoms with Gasteiger partial charge < -0.3 is 9.47 Å². The molecule has 0 aromatic rings. The molecule has 0 N–H and O–H groups in total. The Hall–Kier alpha value is -1.58. The van der Waals surface area contributed by atoms with Crippen LogP contribution in [0, 0.1) is 0 Å². The first-order valence-corrected chi connectivity index (χ1v) is 4.94. The molecule has 1 rings (SSSR count). The van der Waals surface area contributed by atoms with Crippen LogP contribution in [0.1, 0.15) is 20.3 Å². The molecule has 0 aromatic heterocycles. The van der Waals surface area contributed by atoms with E-state index in [9.17, 15) is 9.59 Å². The molecule has 1 aliphatic rings. The van der Waals surface area contributed by atoms with Gasteiger partial charge in [-0.05, 0) is 19.9 Å². The first-order chi connectivity index (χ1) is 7.20. The van der Waals surface area contributed by atoms with Gasteiger partial charge in [-0.15, -0.1) is 0 Å². The SMILES string of the molecule is CCOC(=O)C1=C(OCC)C=CCC1=O. The molecule has 0 amide bonds. The van der Waals surface area contributed by atoms with E-state index in [-0.39, 0.29) is 24.4 Å². The third-order valence-electron chi connectivity index (χ3n) is 1.88. The molecule has 0 unspecified atom stereocenters. The molecule has 0 heterocycles. The van der Waals surface area contributed by atoms with Crippen molar-refractivity contribution in [3.05, 3.63) is 23.5 Å². The van der Waals surface area contributed by atoms with Crippen molar-refractivity contribution < 1.29 is 19.1 Å². The van der Waals surface area contributed by atoms with Crippen molar-refractivity contribution in [3.8, 4) is 0 Å². The fourth-order valence-corrected chi connectivity index (χ4v) is 1.29. The number of carbonyl (C=O) groups excluding carboxylic acids is 2. The molecular weight excluding hydrogens is 196 g/mol. The van der Waals surface area contributed by atoms with Gasteiger partial charge in [0.05, 0.1) is 13.2 Å². The Kier molecular flexibility index (Phi) is 4.09. The Labute approximate surface area is 88.6 Å². The lowest BCUT2D eigenvalue weighted by atomic mass is 10.0. The molecular formula is C11H14O4. The number of hydrogen-bond acceptors (Lipinski definition) is 4. The van der Waals surface area contributed by atoms with E-state index in [1.807, 2.05) is 0 Å². The van der Waals surface area contributed by atoms with Crippen LogP contribution in [0.3, 0.4) is 0 Å². The number of Topliss-reactive ketones (excluding diaryl/α,β-unsaturated/α-hetero) is 1. The molecule has 0 aromatic carbocycles. The van der Waals surface area contributed by atoms with E-state index >= 15 is 0 Å².